The van der Waals surface area contributed by atoms with E-state index in [9.17, 15) is 4.79 Å². The highest BCUT2D eigenvalue weighted by molar-refractivity contribution is 5.79. The van der Waals surface area contributed by atoms with Gasteiger partial charge >= 0.3 is 0 Å². The van der Waals surface area contributed by atoms with Crippen molar-refractivity contribution < 1.29 is 4.79 Å². The van der Waals surface area contributed by atoms with Gasteiger partial charge in [0.15, 0.2) is 0 Å². The molecule has 29 heavy (non-hydrogen) atoms. The van der Waals surface area contributed by atoms with Crippen LogP contribution in [0.3, 0.4) is 0 Å². The van der Waals surface area contributed by atoms with E-state index in [-0.39, 0.29) is 5.41 Å². The van der Waals surface area contributed by atoms with Crippen LogP contribution in [0.5, 0.6) is 0 Å². The lowest BCUT2D eigenvalue weighted by atomic mass is 9.67. The highest BCUT2D eigenvalue weighted by Crippen LogP contribution is 2.51. The fraction of sp³-hybridized carbons (Fsp3) is 0.870. The number of carbonyl (C=O) groups is 1. The number of nitrogens with zero attached hydrogens (tertiary/aromatic N) is 5. The van der Waals surface area contributed by atoms with Crippen LogP contribution in [0.15, 0.2) is 6.33 Å². The summed E-state index contributed by atoms with van der Waals surface area (Å²) < 4.78 is 2.32. The number of aromatic nitrogens is 3. The molecule has 1 aromatic heterocycles. The van der Waals surface area contributed by atoms with Crippen LogP contribution in [0.25, 0.3) is 0 Å². The molecule has 0 bridgehead atoms. The smallest absolute Gasteiger partial charge is 0.236 e. The normalized spacial score (nSPS) is 28.0. The Balaban J connectivity index is 1.33. The van der Waals surface area contributed by atoms with Gasteiger partial charge in [-0.3, -0.25) is 9.69 Å². The van der Waals surface area contributed by atoms with Gasteiger partial charge in [0.2, 0.25) is 5.91 Å². The molecule has 1 atom stereocenters. The second kappa shape index (κ2) is 8.37. The van der Waals surface area contributed by atoms with Crippen molar-refractivity contribution in [1.29, 1.82) is 0 Å². The highest BCUT2D eigenvalue weighted by Gasteiger charge is 2.50. The van der Waals surface area contributed by atoms with Crippen molar-refractivity contribution in [3.8, 4) is 0 Å². The lowest BCUT2D eigenvalue weighted by Crippen LogP contribution is -2.41. The van der Waals surface area contributed by atoms with Crippen LogP contribution in [0, 0.1) is 11.3 Å². The first kappa shape index (κ1) is 19.5. The monoisotopic (exact) mass is 399 g/mol. The van der Waals surface area contributed by atoms with E-state index in [1.54, 1.807) is 0 Å². The predicted octanol–water partition coefficient (Wildman–Crippen LogP) is 3.44. The van der Waals surface area contributed by atoms with Crippen LogP contribution in [0.1, 0.15) is 82.4 Å². The van der Waals surface area contributed by atoms with Gasteiger partial charge in [-0.2, -0.15) is 0 Å². The quantitative estimate of drug-likeness (QED) is 0.761. The fourth-order valence-corrected chi connectivity index (χ4v) is 6.12. The summed E-state index contributed by atoms with van der Waals surface area (Å²) in [5.74, 6) is 2.67. The molecular formula is C23H37N5O. The average Bonchev–Trinajstić information content (AvgIpc) is 3.40. The number of hydrogen-bond donors (Lipinski definition) is 0. The summed E-state index contributed by atoms with van der Waals surface area (Å²) >= 11 is 0. The Hall–Kier alpha value is -1.43. The topological polar surface area (TPSA) is 54.3 Å². The van der Waals surface area contributed by atoms with E-state index in [1.165, 1.54) is 70.6 Å². The zero-order chi connectivity index (χ0) is 19.7. The fourth-order valence-electron chi connectivity index (χ4n) is 6.12. The van der Waals surface area contributed by atoms with Crippen LogP contribution in [-0.2, 0) is 11.3 Å². The summed E-state index contributed by atoms with van der Waals surface area (Å²) in [6.45, 7) is 5.62. The van der Waals surface area contributed by atoms with Gasteiger partial charge in [0.25, 0.3) is 0 Å². The first-order valence-corrected chi connectivity index (χ1v) is 12.1. The third-order valence-corrected chi connectivity index (χ3v) is 8.02. The van der Waals surface area contributed by atoms with E-state index in [2.05, 4.69) is 24.6 Å². The standard InChI is InChI=1S/C23H37N5O/c29-21(16-26-12-6-1-2-7-13-26)27-15-20(23(17-27)10-4-3-5-11-23)22-25-24-18-28(22)14-19-8-9-19/h18-20H,1-17H2. The zero-order valence-electron chi connectivity index (χ0n) is 17.9. The summed E-state index contributed by atoms with van der Waals surface area (Å²) in [6, 6.07) is 0. The molecule has 160 valence electrons. The minimum atomic E-state index is 0.223. The Labute approximate surface area is 175 Å². The third-order valence-electron chi connectivity index (χ3n) is 8.02. The van der Waals surface area contributed by atoms with Gasteiger partial charge in [0, 0.05) is 25.6 Å². The Morgan fingerprint density at radius 3 is 2.48 bits per heavy atom. The average molecular weight is 400 g/mol. The van der Waals surface area contributed by atoms with Crippen LogP contribution < -0.4 is 0 Å². The van der Waals surface area contributed by atoms with Crippen LogP contribution in [-0.4, -0.2) is 63.2 Å². The van der Waals surface area contributed by atoms with Gasteiger partial charge < -0.3 is 9.47 Å². The maximum absolute atomic E-state index is 13.3. The van der Waals surface area contributed by atoms with Gasteiger partial charge in [-0.05, 0) is 62.9 Å². The molecular weight excluding hydrogens is 362 g/mol. The molecule has 6 heteroatoms. The van der Waals surface area contributed by atoms with Crippen LogP contribution in [0.4, 0.5) is 0 Å². The molecule has 2 saturated carbocycles. The second-order valence-corrected chi connectivity index (χ2v) is 10.2. The number of carbonyl (C=O) groups excluding carboxylic acids is 1. The maximum atomic E-state index is 13.3. The molecule has 2 aliphatic heterocycles. The molecule has 5 rings (SSSR count). The van der Waals surface area contributed by atoms with Crippen molar-refractivity contribution in [2.75, 3.05) is 32.7 Å². The molecule has 4 aliphatic rings. The summed E-state index contributed by atoms with van der Waals surface area (Å²) in [4.78, 5) is 17.9. The minimum absolute atomic E-state index is 0.223. The van der Waals surface area contributed by atoms with Gasteiger partial charge in [0.05, 0.1) is 6.54 Å². The summed E-state index contributed by atoms with van der Waals surface area (Å²) in [7, 11) is 0. The third kappa shape index (κ3) is 4.23. The van der Waals surface area contributed by atoms with Crippen molar-refractivity contribution in [1.82, 2.24) is 24.6 Å². The molecule has 1 aromatic rings. The number of rotatable bonds is 5. The molecule has 4 fully saturated rings. The lowest BCUT2D eigenvalue weighted by Gasteiger charge is -2.37. The molecule has 1 unspecified atom stereocenters. The minimum Gasteiger partial charge on any atom is -0.340 e. The van der Waals surface area contributed by atoms with Crippen molar-refractivity contribution >= 4 is 5.91 Å². The molecule has 2 aliphatic carbocycles. The van der Waals surface area contributed by atoms with E-state index < -0.39 is 0 Å². The Morgan fingerprint density at radius 2 is 1.76 bits per heavy atom. The first-order chi connectivity index (χ1) is 14.2. The molecule has 6 nitrogen and oxygen atoms in total. The van der Waals surface area contributed by atoms with E-state index in [4.69, 9.17) is 0 Å². The van der Waals surface area contributed by atoms with E-state index in [0.29, 0.717) is 18.4 Å². The molecule has 1 spiro atoms. The summed E-state index contributed by atoms with van der Waals surface area (Å²) in [5.41, 5.74) is 0.223. The Kier molecular flexibility index (Phi) is 5.63. The van der Waals surface area contributed by atoms with Crippen LogP contribution in [0.2, 0.25) is 0 Å². The largest absolute Gasteiger partial charge is 0.340 e. The number of likely N-dealkylation sites (tertiary alicyclic amines) is 2. The molecule has 3 heterocycles. The van der Waals surface area contributed by atoms with Gasteiger partial charge in [0.1, 0.15) is 12.2 Å². The summed E-state index contributed by atoms with van der Waals surface area (Å²) in [5, 5.41) is 8.92. The molecule has 1 amide bonds. The highest BCUT2D eigenvalue weighted by atomic mass is 16.2. The molecule has 0 aromatic carbocycles. The number of amides is 1. The Bertz CT molecular complexity index is 698. The summed E-state index contributed by atoms with van der Waals surface area (Å²) in [6.07, 6.45) is 16.1. The van der Waals surface area contributed by atoms with E-state index >= 15 is 0 Å². The lowest BCUT2D eigenvalue weighted by molar-refractivity contribution is -0.131. The van der Waals surface area contributed by atoms with Crippen molar-refractivity contribution in [2.45, 2.75) is 83.1 Å². The zero-order valence-corrected chi connectivity index (χ0v) is 17.9. The Morgan fingerprint density at radius 1 is 1.03 bits per heavy atom. The van der Waals surface area contributed by atoms with Crippen molar-refractivity contribution in [3.05, 3.63) is 12.2 Å². The SMILES string of the molecule is O=C(CN1CCCCCC1)N1CC(c2nncn2CC2CC2)C2(CCCCC2)C1. The van der Waals surface area contributed by atoms with Gasteiger partial charge in [-0.1, -0.05) is 32.1 Å². The molecule has 0 radical (unpaired) electrons. The molecule has 2 saturated heterocycles. The molecule has 0 N–H and O–H groups in total. The van der Waals surface area contributed by atoms with Gasteiger partial charge in [-0.15, -0.1) is 10.2 Å². The van der Waals surface area contributed by atoms with E-state index in [1.807, 2.05) is 6.33 Å². The van der Waals surface area contributed by atoms with Crippen molar-refractivity contribution in [2.24, 2.45) is 11.3 Å². The second-order valence-electron chi connectivity index (χ2n) is 10.2. The van der Waals surface area contributed by atoms with E-state index in [0.717, 1.165) is 44.5 Å². The number of hydrogen-bond acceptors (Lipinski definition) is 4. The van der Waals surface area contributed by atoms with Crippen LogP contribution >= 0.6 is 0 Å². The first-order valence-electron chi connectivity index (χ1n) is 12.1. The van der Waals surface area contributed by atoms with Crippen molar-refractivity contribution in [3.63, 3.8) is 0 Å². The van der Waals surface area contributed by atoms with Gasteiger partial charge in [-0.25, -0.2) is 0 Å². The maximum Gasteiger partial charge on any atom is 0.236 e. The predicted molar refractivity (Wildman–Crippen MR) is 112 cm³/mol.